The maximum atomic E-state index is 13.0. The van der Waals surface area contributed by atoms with Gasteiger partial charge in [-0.2, -0.15) is 5.10 Å². The first kappa shape index (κ1) is 16.7. The highest BCUT2D eigenvalue weighted by Gasteiger charge is 2.34. The van der Waals surface area contributed by atoms with E-state index < -0.39 is 0 Å². The van der Waals surface area contributed by atoms with Gasteiger partial charge in [-0.3, -0.25) is 9.59 Å². The molecule has 1 fully saturated rings. The average molecular weight is 327 g/mol. The standard InChI is InChI=1S/C19H25N3O2/c1-13-7-4-5-10-17(13)22-18(23)12-11-16(20-22)19(24)21-14(2)8-6-9-15(21)3/h4-5,7,10,14-15H,6,8-9,11-12H2,1-3H3. The SMILES string of the molecule is Cc1ccccc1N1N=C(C(=O)N2C(C)CCCC2C)CCC1=O. The molecule has 2 aliphatic rings. The molecule has 2 amide bonds. The number of hydrogen-bond donors (Lipinski definition) is 0. The number of benzene rings is 1. The van der Waals surface area contributed by atoms with E-state index in [-0.39, 0.29) is 23.9 Å². The Morgan fingerprint density at radius 3 is 2.46 bits per heavy atom. The molecule has 128 valence electrons. The zero-order valence-electron chi connectivity index (χ0n) is 14.7. The van der Waals surface area contributed by atoms with Gasteiger partial charge in [-0.1, -0.05) is 18.2 Å². The number of amides is 2. The summed E-state index contributed by atoms with van der Waals surface area (Å²) in [7, 11) is 0. The van der Waals surface area contributed by atoms with Gasteiger partial charge in [-0.25, -0.2) is 5.01 Å². The van der Waals surface area contributed by atoms with E-state index in [4.69, 9.17) is 0 Å². The Labute approximate surface area is 143 Å². The third kappa shape index (κ3) is 3.07. The van der Waals surface area contributed by atoms with Gasteiger partial charge in [-0.15, -0.1) is 0 Å². The molecule has 2 atom stereocenters. The predicted molar refractivity (Wildman–Crippen MR) is 95.0 cm³/mol. The van der Waals surface area contributed by atoms with Gasteiger partial charge < -0.3 is 4.90 Å². The molecular formula is C19H25N3O2. The Bertz CT molecular complexity index is 673. The molecule has 24 heavy (non-hydrogen) atoms. The van der Waals surface area contributed by atoms with Crippen molar-refractivity contribution < 1.29 is 9.59 Å². The van der Waals surface area contributed by atoms with Crippen LogP contribution in [0.4, 0.5) is 5.69 Å². The van der Waals surface area contributed by atoms with Crippen molar-refractivity contribution in [1.82, 2.24) is 4.90 Å². The van der Waals surface area contributed by atoms with Crippen LogP contribution in [0.25, 0.3) is 0 Å². The molecule has 2 heterocycles. The third-order valence-electron chi connectivity index (χ3n) is 5.05. The van der Waals surface area contributed by atoms with E-state index in [0.717, 1.165) is 30.5 Å². The van der Waals surface area contributed by atoms with Crippen molar-refractivity contribution in [2.45, 2.75) is 65.0 Å². The van der Waals surface area contributed by atoms with Crippen LogP contribution in [-0.2, 0) is 9.59 Å². The fourth-order valence-electron chi connectivity index (χ4n) is 3.67. The van der Waals surface area contributed by atoms with Gasteiger partial charge in [0.25, 0.3) is 5.91 Å². The normalized spacial score (nSPS) is 24.8. The second-order valence-corrected chi connectivity index (χ2v) is 6.88. The minimum atomic E-state index is -0.0550. The number of hydrogen-bond acceptors (Lipinski definition) is 3. The molecule has 5 nitrogen and oxygen atoms in total. The smallest absolute Gasteiger partial charge is 0.270 e. The number of anilines is 1. The number of para-hydroxylation sites is 1. The minimum absolute atomic E-state index is 0.0132. The van der Waals surface area contributed by atoms with Gasteiger partial charge in [0.05, 0.1) is 5.69 Å². The second-order valence-electron chi connectivity index (χ2n) is 6.88. The van der Waals surface area contributed by atoms with Crippen LogP contribution in [0.2, 0.25) is 0 Å². The summed E-state index contributed by atoms with van der Waals surface area (Å²) in [6.45, 7) is 6.14. The lowest BCUT2D eigenvalue weighted by molar-refractivity contribution is -0.130. The lowest BCUT2D eigenvalue weighted by Gasteiger charge is -2.39. The topological polar surface area (TPSA) is 53.0 Å². The Morgan fingerprint density at radius 1 is 1.12 bits per heavy atom. The van der Waals surface area contributed by atoms with Crippen molar-refractivity contribution in [2.75, 3.05) is 5.01 Å². The molecule has 2 unspecified atom stereocenters. The van der Waals surface area contributed by atoms with Crippen LogP contribution in [0.5, 0.6) is 0 Å². The van der Waals surface area contributed by atoms with Gasteiger partial charge in [0, 0.05) is 24.9 Å². The highest BCUT2D eigenvalue weighted by atomic mass is 16.2. The Hall–Kier alpha value is -2.17. The van der Waals surface area contributed by atoms with Crippen LogP contribution < -0.4 is 5.01 Å². The molecule has 0 N–H and O–H groups in total. The van der Waals surface area contributed by atoms with Crippen LogP contribution in [0.15, 0.2) is 29.4 Å². The molecule has 0 bridgehead atoms. The third-order valence-corrected chi connectivity index (χ3v) is 5.05. The summed E-state index contributed by atoms with van der Waals surface area (Å²) in [5.41, 5.74) is 2.23. The summed E-state index contributed by atoms with van der Waals surface area (Å²) in [6, 6.07) is 8.09. The molecule has 2 aliphatic heterocycles. The molecule has 5 heteroatoms. The van der Waals surface area contributed by atoms with Crippen molar-refractivity contribution in [3.05, 3.63) is 29.8 Å². The predicted octanol–water partition coefficient (Wildman–Crippen LogP) is 3.27. The summed E-state index contributed by atoms with van der Waals surface area (Å²) in [5, 5.41) is 5.86. The Balaban J connectivity index is 1.90. The summed E-state index contributed by atoms with van der Waals surface area (Å²) in [4.78, 5) is 27.3. The minimum Gasteiger partial charge on any atom is -0.332 e. The number of aryl methyl sites for hydroxylation is 1. The van der Waals surface area contributed by atoms with Gasteiger partial charge in [0.15, 0.2) is 0 Å². The lowest BCUT2D eigenvalue weighted by Crippen LogP contribution is -2.51. The molecule has 1 aromatic rings. The van der Waals surface area contributed by atoms with Crippen molar-refractivity contribution >= 4 is 23.2 Å². The maximum absolute atomic E-state index is 13.0. The van der Waals surface area contributed by atoms with Crippen LogP contribution in [0.3, 0.4) is 0 Å². The van der Waals surface area contributed by atoms with E-state index >= 15 is 0 Å². The molecular weight excluding hydrogens is 302 g/mol. The number of piperidine rings is 1. The largest absolute Gasteiger partial charge is 0.332 e. The van der Waals surface area contributed by atoms with E-state index in [0.29, 0.717) is 18.6 Å². The van der Waals surface area contributed by atoms with Crippen molar-refractivity contribution in [3.63, 3.8) is 0 Å². The molecule has 0 aliphatic carbocycles. The average Bonchev–Trinajstić information content (AvgIpc) is 2.56. The van der Waals surface area contributed by atoms with Gasteiger partial charge in [-0.05, 0) is 51.7 Å². The second kappa shape index (κ2) is 6.75. The summed E-state index contributed by atoms with van der Waals surface area (Å²) in [6.07, 6.45) is 3.98. The van der Waals surface area contributed by atoms with Gasteiger partial charge in [0.1, 0.15) is 5.71 Å². The monoisotopic (exact) mass is 327 g/mol. The summed E-state index contributed by atoms with van der Waals surface area (Å²) in [5.74, 6) is -0.0682. The number of likely N-dealkylation sites (tertiary alicyclic amines) is 1. The summed E-state index contributed by atoms with van der Waals surface area (Å²) >= 11 is 0. The van der Waals surface area contributed by atoms with Crippen molar-refractivity contribution in [1.29, 1.82) is 0 Å². The van der Waals surface area contributed by atoms with E-state index in [9.17, 15) is 9.59 Å². The van der Waals surface area contributed by atoms with Crippen LogP contribution in [-0.4, -0.2) is 34.5 Å². The van der Waals surface area contributed by atoms with Gasteiger partial charge >= 0.3 is 0 Å². The van der Waals surface area contributed by atoms with Gasteiger partial charge in [0.2, 0.25) is 5.91 Å². The Kier molecular flexibility index (Phi) is 4.69. The summed E-state index contributed by atoms with van der Waals surface area (Å²) < 4.78 is 0. The van der Waals surface area contributed by atoms with Crippen LogP contribution in [0.1, 0.15) is 51.5 Å². The van der Waals surface area contributed by atoms with E-state index in [2.05, 4.69) is 18.9 Å². The fraction of sp³-hybridized carbons (Fsp3) is 0.526. The zero-order chi connectivity index (χ0) is 17.3. The molecule has 0 spiro atoms. The first-order chi connectivity index (χ1) is 11.5. The van der Waals surface area contributed by atoms with Crippen LogP contribution >= 0.6 is 0 Å². The molecule has 1 saturated heterocycles. The molecule has 1 aromatic carbocycles. The van der Waals surface area contributed by atoms with Crippen LogP contribution in [0, 0.1) is 6.92 Å². The lowest BCUT2D eigenvalue weighted by atomic mass is 9.96. The highest BCUT2D eigenvalue weighted by molar-refractivity contribution is 6.40. The van der Waals surface area contributed by atoms with E-state index in [1.54, 1.807) is 0 Å². The number of carbonyl (C=O) groups is 2. The number of hydrazone groups is 1. The fourth-order valence-corrected chi connectivity index (χ4v) is 3.67. The van der Waals surface area contributed by atoms with Crippen molar-refractivity contribution in [2.24, 2.45) is 5.10 Å². The van der Waals surface area contributed by atoms with E-state index in [1.807, 2.05) is 36.1 Å². The molecule has 3 rings (SSSR count). The number of nitrogens with zero attached hydrogens (tertiary/aromatic N) is 3. The molecule has 0 aromatic heterocycles. The quantitative estimate of drug-likeness (QED) is 0.837. The van der Waals surface area contributed by atoms with E-state index in [1.165, 1.54) is 5.01 Å². The molecule has 0 saturated carbocycles. The zero-order valence-corrected chi connectivity index (χ0v) is 14.7. The maximum Gasteiger partial charge on any atom is 0.270 e. The Morgan fingerprint density at radius 2 is 1.79 bits per heavy atom. The number of rotatable bonds is 2. The first-order valence-corrected chi connectivity index (χ1v) is 8.77. The number of carbonyl (C=O) groups excluding carboxylic acids is 2. The first-order valence-electron chi connectivity index (χ1n) is 8.77. The van der Waals surface area contributed by atoms with Crippen molar-refractivity contribution in [3.8, 4) is 0 Å². The highest BCUT2D eigenvalue weighted by Crippen LogP contribution is 2.27. The molecule has 0 radical (unpaired) electrons.